The number of hydrogen-bond acceptors (Lipinski definition) is 5. The Bertz CT molecular complexity index is 1040. The summed E-state index contributed by atoms with van der Waals surface area (Å²) in [5.41, 5.74) is 1.05. The summed E-state index contributed by atoms with van der Waals surface area (Å²) < 4.78 is 25.2. The number of thiophene rings is 1. The van der Waals surface area contributed by atoms with Gasteiger partial charge in [-0.25, -0.2) is 8.42 Å². The molecule has 1 aliphatic rings. The molecule has 2 aromatic heterocycles. The van der Waals surface area contributed by atoms with Crippen molar-refractivity contribution >= 4 is 49.7 Å². The second-order valence-electron chi connectivity index (χ2n) is 6.53. The van der Waals surface area contributed by atoms with Gasteiger partial charge >= 0.3 is 0 Å². The first kappa shape index (κ1) is 18.6. The number of aromatic nitrogens is 1. The van der Waals surface area contributed by atoms with E-state index in [-0.39, 0.29) is 18.2 Å². The number of thioether (sulfide) groups is 1. The molecule has 0 aliphatic carbocycles. The highest BCUT2D eigenvalue weighted by molar-refractivity contribution is 8.00. The number of aromatic amines is 1. The van der Waals surface area contributed by atoms with Crippen molar-refractivity contribution in [2.24, 2.45) is 0 Å². The quantitative estimate of drug-likeness (QED) is 0.653. The van der Waals surface area contributed by atoms with Crippen LogP contribution in [0, 0.1) is 0 Å². The highest BCUT2D eigenvalue weighted by Gasteiger charge is 2.33. The van der Waals surface area contributed by atoms with Crippen LogP contribution in [0.1, 0.15) is 16.5 Å². The summed E-state index contributed by atoms with van der Waals surface area (Å²) in [6.07, 6.45) is 2.38. The number of nitrogens with one attached hydrogen (secondary N) is 1. The van der Waals surface area contributed by atoms with Crippen LogP contribution in [-0.4, -0.2) is 48.8 Å². The maximum Gasteiger partial charge on any atom is 0.232 e. The number of para-hydroxylation sites is 1. The third-order valence-electron chi connectivity index (χ3n) is 4.86. The lowest BCUT2D eigenvalue weighted by molar-refractivity contribution is -0.128. The number of amides is 1. The molecular formula is C19H20N2O3S3. The highest BCUT2D eigenvalue weighted by Crippen LogP contribution is 2.33. The maximum absolute atomic E-state index is 12.7. The molecule has 0 bridgehead atoms. The van der Waals surface area contributed by atoms with Crippen molar-refractivity contribution in [2.45, 2.75) is 16.6 Å². The molecule has 4 rings (SSSR count). The topological polar surface area (TPSA) is 70.2 Å². The lowest BCUT2D eigenvalue weighted by Crippen LogP contribution is -2.34. The minimum absolute atomic E-state index is 0.00712. The minimum Gasteiger partial charge on any atom is -0.360 e. The van der Waals surface area contributed by atoms with Crippen molar-refractivity contribution in [2.75, 3.05) is 24.6 Å². The van der Waals surface area contributed by atoms with Gasteiger partial charge in [0.1, 0.15) is 0 Å². The number of H-pyrrole nitrogens is 1. The zero-order chi connectivity index (χ0) is 18.9. The summed E-state index contributed by atoms with van der Waals surface area (Å²) in [7, 11) is -3.23. The molecule has 1 N–H and O–H groups in total. The van der Waals surface area contributed by atoms with Gasteiger partial charge in [0.15, 0.2) is 9.84 Å². The number of sulfone groups is 1. The third kappa shape index (κ3) is 3.93. The molecule has 1 fully saturated rings. The van der Waals surface area contributed by atoms with Gasteiger partial charge < -0.3 is 9.88 Å². The van der Waals surface area contributed by atoms with Crippen molar-refractivity contribution < 1.29 is 13.2 Å². The van der Waals surface area contributed by atoms with E-state index >= 15 is 0 Å². The smallest absolute Gasteiger partial charge is 0.232 e. The van der Waals surface area contributed by atoms with E-state index in [0.717, 1.165) is 20.7 Å². The zero-order valence-corrected chi connectivity index (χ0v) is 17.1. The predicted molar refractivity (Wildman–Crippen MR) is 111 cm³/mol. The van der Waals surface area contributed by atoms with Crippen LogP contribution in [0.3, 0.4) is 0 Å². The molecule has 1 aliphatic heterocycles. The number of rotatable bonds is 4. The molecule has 0 saturated carbocycles. The van der Waals surface area contributed by atoms with Gasteiger partial charge in [-0.1, -0.05) is 24.3 Å². The molecule has 142 valence electrons. The van der Waals surface area contributed by atoms with Crippen LogP contribution in [0.15, 0.2) is 52.9 Å². The Morgan fingerprint density at radius 1 is 1.22 bits per heavy atom. The molecular weight excluding hydrogens is 400 g/mol. The van der Waals surface area contributed by atoms with Crippen LogP contribution < -0.4 is 0 Å². The molecule has 1 amide bonds. The molecule has 1 unspecified atom stereocenters. The lowest BCUT2D eigenvalue weighted by Gasteiger charge is -2.19. The van der Waals surface area contributed by atoms with E-state index in [4.69, 9.17) is 0 Å². The number of carbonyl (C=O) groups is 1. The third-order valence-corrected chi connectivity index (χ3v) is 9.14. The Hall–Kier alpha value is -1.77. The summed E-state index contributed by atoms with van der Waals surface area (Å²) in [5.74, 6) is 0.331. The second-order valence-corrected chi connectivity index (χ2v) is 10.8. The van der Waals surface area contributed by atoms with E-state index in [1.165, 1.54) is 23.1 Å². The molecule has 3 aromatic rings. The molecule has 27 heavy (non-hydrogen) atoms. The van der Waals surface area contributed by atoms with Crippen LogP contribution in [0.5, 0.6) is 0 Å². The molecule has 8 heteroatoms. The predicted octanol–water partition coefficient (Wildman–Crippen LogP) is 3.71. The molecule has 5 nitrogen and oxygen atoms in total. The van der Waals surface area contributed by atoms with E-state index in [9.17, 15) is 13.2 Å². The number of nitrogens with zero attached hydrogens (tertiary/aromatic N) is 1. The Balaban J connectivity index is 1.42. The summed E-state index contributed by atoms with van der Waals surface area (Å²) >= 11 is 2.96. The SMILES string of the molecule is O=C(CSc1c[nH]c2ccccc12)N1CCC(c2cccs2)S(=O)(=O)CC1. The van der Waals surface area contributed by atoms with E-state index < -0.39 is 15.1 Å². The van der Waals surface area contributed by atoms with Crippen LogP contribution >= 0.6 is 23.1 Å². The zero-order valence-electron chi connectivity index (χ0n) is 14.6. The van der Waals surface area contributed by atoms with Gasteiger partial charge in [0, 0.05) is 40.0 Å². The lowest BCUT2D eigenvalue weighted by atomic mass is 10.2. The van der Waals surface area contributed by atoms with Crippen molar-refractivity contribution in [3.63, 3.8) is 0 Å². The summed E-state index contributed by atoms with van der Waals surface area (Å²) in [4.78, 5) is 19.5. The molecule has 1 aromatic carbocycles. The van der Waals surface area contributed by atoms with Crippen molar-refractivity contribution in [3.8, 4) is 0 Å². The standard InChI is InChI=1S/C19H20N2O3S3/c22-19(13-26-17-12-20-15-5-2-1-4-14(15)17)21-8-7-18(16-6-3-10-25-16)27(23,24)11-9-21/h1-6,10,12,18,20H,7-9,11,13H2. The van der Waals surface area contributed by atoms with Gasteiger partial charge in [-0.15, -0.1) is 23.1 Å². The van der Waals surface area contributed by atoms with E-state index in [1.54, 1.807) is 4.90 Å². The number of fused-ring (bicyclic) bond motifs is 1. The average Bonchev–Trinajstić information content (AvgIpc) is 3.29. The summed E-state index contributed by atoms with van der Waals surface area (Å²) in [6.45, 7) is 0.757. The molecule has 1 saturated heterocycles. The molecule has 3 heterocycles. The van der Waals surface area contributed by atoms with Gasteiger partial charge in [0.05, 0.1) is 16.8 Å². The van der Waals surface area contributed by atoms with E-state index in [2.05, 4.69) is 4.98 Å². The summed E-state index contributed by atoms with van der Waals surface area (Å²) in [5, 5.41) is 2.51. The van der Waals surface area contributed by atoms with Crippen molar-refractivity contribution in [1.82, 2.24) is 9.88 Å². The van der Waals surface area contributed by atoms with Gasteiger partial charge in [-0.3, -0.25) is 4.79 Å². The van der Waals surface area contributed by atoms with Gasteiger partial charge in [0.2, 0.25) is 5.91 Å². The largest absolute Gasteiger partial charge is 0.360 e. The summed E-state index contributed by atoms with van der Waals surface area (Å²) in [6, 6.07) is 11.7. The van der Waals surface area contributed by atoms with Crippen molar-refractivity contribution in [3.05, 3.63) is 52.9 Å². The van der Waals surface area contributed by atoms with Crippen LogP contribution in [-0.2, 0) is 14.6 Å². The minimum atomic E-state index is -3.23. The monoisotopic (exact) mass is 420 g/mol. The fourth-order valence-electron chi connectivity index (χ4n) is 3.38. The Morgan fingerprint density at radius 2 is 2.07 bits per heavy atom. The first-order valence-electron chi connectivity index (χ1n) is 8.76. The van der Waals surface area contributed by atoms with Gasteiger partial charge in [0.25, 0.3) is 0 Å². The Kier molecular flexibility index (Phi) is 5.29. The highest BCUT2D eigenvalue weighted by atomic mass is 32.2. The van der Waals surface area contributed by atoms with Gasteiger partial charge in [-0.2, -0.15) is 0 Å². The molecule has 1 atom stereocenters. The first-order valence-corrected chi connectivity index (χ1v) is 12.3. The fraction of sp³-hybridized carbons (Fsp3) is 0.316. The van der Waals surface area contributed by atoms with E-state index in [0.29, 0.717) is 18.7 Å². The fourth-order valence-corrected chi connectivity index (χ4v) is 7.32. The van der Waals surface area contributed by atoms with Crippen molar-refractivity contribution in [1.29, 1.82) is 0 Å². The van der Waals surface area contributed by atoms with Crippen LogP contribution in [0.25, 0.3) is 10.9 Å². The second kappa shape index (κ2) is 7.69. The first-order chi connectivity index (χ1) is 13.0. The molecule has 0 spiro atoms. The van der Waals surface area contributed by atoms with E-state index in [1.807, 2.05) is 48.0 Å². The van der Waals surface area contributed by atoms with Crippen LogP contribution in [0.2, 0.25) is 0 Å². The normalized spacial score (nSPS) is 19.9. The Labute approximate surface area is 166 Å². The Morgan fingerprint density at radius 3 is 2.89 bits per heavy atom. The number of hydrogen-bond donors (Lipinski definition) is 1. The van der Waals surface area contributed by atoms with Crippen LogP contribution in [0.4, 0.5) is 0 Å². The average molecular weight is 421 g/mol. The maximum atomic E-state index is 12.7. The number of carbonyl (C=O) groups excluding carboxylic acids is 1. The number of benzene rings is 1. The van der Waals surface area contributed by atoms with Gasteiger partial charge in [-0.05, 0) is 23.9 Å². The molecule has 0 radical (unpaired) electrons.